The second-order valence-corrected chi connectivity index (χ2v) is 13.1. The Morgan fingerprint density at radius 2 is 1.21 bits per heavy atom. The van der Waals surface area contributed by atoms with Gasteiger partial charge < -0.3 is 9.32 Å². The average Bonchev–Trinajstić information content (AvgIpc) is 3.82. The van der Waals surface area contributed by atoms with Crippen molar-refractivity contribution in [3.63, 3.8) is 0 Å². The van der Waals surface area contributed by atoms with Crippen molar-refractivity contribution in [2.75, 3.05) is 4.90 Å². The molecule has 0 unspecified atom stereocenters. The fraction of sp³-hybridized carbons (Fsp3) is 0. The molecule has 2 heterocycles. The predicted octanol–water partition coefficient (Wildman–Crippen LogP) is 12.6. The second-order valence-electron chi connectivity index (χ2n) is 12.0. The Bertz CT molecular complexity index is 2640. The zero-order valence-electron chi connectivity index (χ0n) is 25.2. The molecule has 0 saturated carbocycles. The Hall–Kier alpha value is -5.97. The molecular formula is C43H26N2OS. The molecule has 220 valence electrons. The molecule has 0 radical (unpaired) electrons. The molecule has 0 amide bonds. The van der Waals surface area contributed by atoms with Gasteiger partial charge >= 0.3 is 0 Å². The van der Waals surface area contributed by atoms with Crippen LogP contribution in [0.4, 0.5) is 17.1 Å². The summed E-state index contributed by atoms with van der Waals surface area (Å²) in [6.45, 7) is 0. The summed E-state index contributed by atoms with van der Waals surface area (Å²) in [7, 11) is 0. The highest BCUT2D eigenvalue weighted by Crippen LogP contribution is 2.51. The van der Waals surface area contributed by atoms with Crippen LogP contribution in [0.15, 0.2) is 162 Å². The maximum atomic E-state index is 6.57. The van der Waals surface area contributed by atoms with Crippen molar-refractivity contribution in [2.45, 2.75) is 0 Å². The Morgan fingerprint density at radius 3 is 2.09 bits per heavy atom. The van der Waals surface area contributed by atoms with Crippen LogP contribution in [-0.4, -0.2) is 4.98 Å². The van der Waals surface area contributed by atoms with Gasteiger partial charge in [0.05, 0.1) is 0 Å². The van der Waals surface area contributed by atoms with E-state index in [0.29, 0.717) is 5.89 Å². The van der Waals surface area contributed by atoms with Gasteiger partial charge in [-0.15, -0.1) is 11.3 Å². The van der Waals surface area contributed by atoms with Crippen molar-refractivity contribution in [3.8, 4) is 45.2 Å². The number of fused-ring (bicyclic) bond motifs is 6. The van der Waals surface area contributed by atoms with Gasteiger partial charge in [-0.05, 0) is 71.1 Å². The lowest BCUT2D eigenvalue weighted by atomic mass is 10.0. The summed E-state index contributed by atoms with van der Waals surface area (Å²) in [6.07, 6.45) is 0. The molecule has 0 aliphatic heterocycles. The van der Waals surface area contributed by atoms with Crippen LogP contribution in [-0.2, 0) is 0 Å². The molecular weight excluding hydrogens is 593 g/mol. The molecule has 0 atom stereocenters. The van der Waals surface area contributed by atoms with E-state index >= 15 is 0 Å². The zero-order valence-corrected chi connectivity index (χ0v) is 26.0. The van der Waals surface area contributed by atoms with Gasteiger partial charge in [-0.2, -0.15) is 0 Å². The summed E-state index contributed by atoms with van der Waals surface area (Å²) in [4.78, 5) is 7.39. The first kappa shape index (κ1) is 26.3. The topological polar surface area (TPSA) is 29.3 Å². The summed E-state index contributed by atoms with van der Waals surface area (Å²) in [5.41, 5.74) is 9.71. The fourth-order valence-electron chi connectivity index (χ4n) is 7.06. The second kappa shape index (κ2) is 10.3. The molecule has 0 saturated heterocycles. The van der Waals surface area contributed by atoms with Crippen molar-refractivity contribution < 1.29 is 4.42 Å². The van der Waals surface area contributed by atoms with Crippen LogP contribution in [0.1, 0.15) is 0 Å². The first-order chi connectivity index (χ1) is 23.3. The van der Waals surface area contributed by atoms with Gasteiger partial charge in [-0.3, -0.25) is 0 Å². The van der Waals surface area contributed by atoms with E-state index in [4.69, 9.17) is 9.40 Å². The van der Waals surface area contributed by atoms with Crippen molar-refractivity contribution in [2.24, 2.45) is 0 Å². The highest BCUT2D eigenvalue weighted by atomic mass is 32.1. The van der Waals surface area contributed by atoms with Crippen LogP contribution in [0, 0.1) is 0 Å². The maximum Gasteiger partial charge on any atom is 0.227 e. The summed E-state index contributed by atoms with van der Waals surface area (Å²) in [5.74, 6) is 1.47. The van der Waals surface area contributed by atoms with E-state index in [2.05, 4.69) is 132 Å². The van der Waals surface area contributed by atoms with Gasteiger partial charge in [0.25, 0.3) is 0 Å². The smallest absolute Gasteiger partial charge is 0.227 e. The molecule has 47 heavy (non-hydrogen) atoms. The quantitative estimate of drug-likeness (QED) is 0.192. The molecule has 1 aliphatic carbocycles. The summed E-state index contributed by atoms with van der Waals surface area (Å²) >= 11 is 1.84. The van der Waals surface area contributed by atoms with Crippen LogP contribution < -0.4 is 4.90 Å². The van der Waals surface area contributed by atoms with E-state index in [1.165, 1.54) is 36.7 Å². The lowest BCUT2D eigenvalue weighted by molar-refractivity contribution is 0.590. The van der Waals surface area contributed by atoms with Crippen LogP contribution >= 0.6 is 11.3 Å². The Kier molecular flexibility index (Phi) is 5.74. The van der Waals surface area contributed by atoms with Crippen molar-refractivity contribution in [1.29, 1.82) is 0 Å². The highest BCUT2D eigenvalue weighted by molar-refractivity contribution is 7.25. The van der Waals surface area contributed by atoms with E-state index < -0.39 is 0 Å². The molecule has 0 fully saturated rings. The molecule has 3 nitrogen and oxygen atoms in total. The number of thiophene rings is 1. The van der Waals surface area contributed by atoms with Crippen LogP contribution in [0.3, 0.4) is 0 Å². The Balaban J connectivity index is 1.20. The number of benzene rings is 7. The minimum absolute atomic E-state index is 0.645. The number of rotatable bonds is 5. The number of hydrogen-bond donors (Lipinski definition) is 0. The fourth-order valence-corrected chi connectivity index (χ4v) is 8.20. The SMILES string of the molecule is c1ccc(-c2cccc(N(c3cc4c5c(cccc5c3)-c3nc(-c5ccccc5)oc3-4)c3ccc4c(c3)sc3ccccc34)c2)cc1. The van der Waals surface area contributed by atoms with Gasteiger partial charge in [-0.25, -0.2) is 4.98 Å². The summed E-state index contributed by atoms with van der Waals surface area (Å²) in [5, 5.41) is 4.94. The third-order valence-electron chi connectivity index (χ3n) is 9.20. The molecule has 9 aromatic rings. The summed E-state index contributed by atoms with van der Waals surface area (Å²) in [6, 6.07) is 56.2. The third kappa shape index (κ3) is 4.16. The Morgan fingerprint density at radius 1 is 0.489 bits per heavy atom. The van der Waals surface area contributed by atoms with E-state index in [-0.39, 0.29) is 0 Å². The molecule has 10 rings (SSSR count). The van der Waals surface area contributed by atoms with Gasteiger partial charge in [0.1, 0.15) is 5.69 Å². The Labute approximate surface area is 275 Å². The van der Waals surface area contributed by atoms with Gasteiger partial charge in [0, 0.05) is 59.3 Å². The summed E-state index contributed by atoms with van der Waals surface area (Å²) < 4.78 is 9.14. The average molecular weight is 619 g/mol. The van der Waals surface area contributed by atoms with Gasteiger partial charge in [-0.1, -0.05) is 103 Å². The number of anilines is 3. The van der Waals surface area contributed by atoms with E-state index in [1.54, 1.807) is 0 Å². The molecule has 2 aromatic heterocycles. The molecule has 0 spiro atoms. The van der Waals surface area contributed by atoms with E-state index in [9.17, 15) is 0 Å². The number of hydrogen-bond acceptors (Lipinski definition) is 4. The normalized spacial score (nSPS) is 11.8. The van der Waals surface area contributed by atoms with Gasteiger partial charge in [0.2, 0.25) is 5.89 Å². The minimum atomic E-state index is 0.645. The van der Waals surface area contributed by atoms with Crippen LogP contribution in [0.25, 0.3) is 76.1 Å². The standard InChI is InChI=1S/C43H26N2OS/c1-3-11-27(12-4-1)29-15-9-17-31(23-29)45(32-21-22-35-34-18-7-8-20-38(34)47-39(35)26-32)33-24-30-16-10-19-36-40(30)37(25-33)42-41(36)44-43(46-42)28-13-5-2-6-14-28/h1-26H. The zero-order chi connectivity index (χ0) is 30.9. The number of nitrogens with zero attached hydrogens (tertiary/aromatic N) is 2. The monoisotopic (exact) mass is 618 g/mol. The van der Waals surface area contributed by atoms with Crippen molar-refractivity contribution >= 4 is 59.3 Å². The minimum Gasteiger partial charge on any atom is -0.435 e. The molecule has 0 N–H and O–H groups in total. The first-order valence-electron chi connectivity index (χ1n) is 15.8. The number of oxazole rings is 1. The van der Waals surface area contributed by atoms with Crippen molar-refractivity contribution in [3.05, 3.63) is 158 Å². The lowest BCUT2D eigenvalue weighted by Gasteiger charge is -2.27. The maximum absolute atomic E-state index is 6.57. The first-order valence-corrected chi connectivity index (χ1v) is 16.6. The molecule has 7 aromatic carbocycles. The van der Waals surface area contributed by atoms with Crippen LogP contribution in [0.2, 0.25) is 0 Å². The van der Waals surface area contributed by atoms with E-state index in [1.807, 2.05) is 41.7 Å². The molecule has 4 heteroatoms. The van der Waals surface area contributed by atoms with E-state index in [0.717, 1.165) is 50.6 Å². The lowest BCUT2D eigenvalue weighted by Crippen LogP contribution is -2.10. The third-order valence-corrected chi connectivity index (χ3v) is 10.3. The highest BCUT2D eigenvalue weighted by Gasteiger charge is 2.29. The van der Waals surface area contributed by atoms with Crippen molar-refractivity contribution in [1.82, 2.24) is 4.98 Å². The van der Waals surface area contributed by atoms with Gasteiger partial charge in [0.15, 0.2) is 5.76 Å². The predicted molar refractivity (Wildman–Crippen MR) is 197 cm³/mol. The molecule has 1 aliphatic rings. The largest absolute Gasteiger partial charge is 0.435 e. The molecule has 0 bridgehead atoms. The van der Waals surface area contributed by atoms with Crippen LogP contribution in [0.5, 0.6) is 0 Å². The number of aromatic nitrogens is 1.